The lowest BCUT2D eigenvalue weighted by Crippen LogP contribution is -2.43. The molecule has 1 aliphatic rings. The van der Waals surface area contributed by atoms with E-state index in [-0.39, 0.29) is 17.7 Å². The lowest BCUT2D eigenvalue weighted by Gasteiger charge is -2.22. The minimum Gasteiger partial charge on any atom is -0.506 e. The molecule has 1 atom stereocenters. The minimum absolute atomic E-state index is 0.0809. The number of anilines is 1. The first-order valence-corrected chi connectivity index (χ1v) is 6.49. The number of amides is 1. The monoisotopic (exact) mass is 298 g/mol. The van der Waals surface area contributed by atoms with Gasteiger partial charge in [-0.15, -0.1) is 0 Å². The molecule has 92 valence electrons. The van der Waals surface area contributed by atoms with Gasteiger partial charge in [-0.2, -0.15) is 0 Å². The number of rotatable bonds is 2. The number of aromatic hydroxyl groups is 1. The first kappa shape index (κ1) is 12.4. The molecule has 1 heterocycles. The Labute approximate surface area is 109 Å². The number of carbonyl (C=O) groups is 1. The van der Waals surface area contributed by atoms with E-state index in [0.717, 1.165) is 30.3 Å². The van der Waals surface area contributed by atoms with Crippen LogP contribution in [0.15, 0.2) is 22.7 Å². The lowest BCUT2D eigenvalue weighted by atomic mass is 10.0. The molecule has 1 fully saturated rings. The zero-order valence-electron chi connectivity index (χ0n) is 9.37. The summed E-state index contributed by atoms with van der Waals surface area (Å²) in [6.45, 7) is 0.878. The quantitative estimate of drug-likeness (QED) is 0.734. The summed E-state index contributed by atoms with van der Waals surface area (Å²) in [4.78, 5) is 11.9. The molecule has 1 amide bonds. The highest BCUT2D eigenvalue weighted by Crippen LogP contribution is 2.27. The Morgan fingerprint density at radius 2 is 2.29 bits per heavy atom. The Morgan fingerprint density at radius 1 is 1.47 bits per heavy atom. The summed E-state index contributed by atoms with van der Waals surface area (Å²) in [7, 11) is 0. The van der Waals surface area contributed by atoms with Gasteiger partial charge in [0.05, 0.1) is 11.7 Å². The van der Waals surface area contributed by atoms with Crippen LogP contribution < -0.4 is 10.6 Å². The predicted octanol–water partition coefficient (Wildman–Crippen LogP) is 2.24. The number of phenolic OH excluding ortho intramolecular Hbond substituents is 1. The van der Waals surface area contributed by atoms with Crippen LogP contribution in [0.25, 0.3) is 0 Å². The van der Waals surface area contributed by atoms with Crippen molar-refractivity contribution < 1.29 is 9.90 Å². The van der Waals surface area contributed by atoms with E-state index in [4.69, 9.17) is 0 Å². The van der Waals surface area contributed by atoms with Crippen molar-refractivity contribution in [1.29, 1.82) is 0 Å². The van der Waals surface area contributed by atoms with Gasteiger partial charge in [0, 0.05) is 4.47 Å². The average Bonchev–Trinajstić information content (AvgIpc) is 2.35. The summed E-state index contributed by atoms with van der Waals surface area (Å²) in [5, 5.41) is 15.5. The van der Waals surface area contributed by atoms with Gasteiger partial charge in [0.1, 0.15) is 5.75 Å². The van der Waals surface area contributed by atoms with Gasteiger partial charge in [0.25, 0.3) is 0 Å². The smallest absolute Gasteiger partial charge is 0.241 e. The highest BCUT2D eigenvalue weighted by molar-refractivity contribution is 9.10. The van der Waals surface area contributed by atoms with Crippen LogP contribution in [0.4, 0.5) is 5.69 Å². The molecule has 1 aromatic rings. The highest BCUT2D eigenvalue weighted by atomic mass is 79.9. The van der Waals surface area contributed by atoms with Crippen LogP contribution in [-0.2, 0) is 4.79 Å². The fraction of sp³-hybridized carbons (Fsp3) is 0.417. The van der Waals surface area contributed by atoms with Gasteiger partial charge in [-0.3, -0.25) is 4.79 Å². The summed E-state index contributed by atoms with van der Waals surface area (Å²) >= 11 is 3.30. The van der Waals surface area contributed by atoms with Crippen LogP contribution in [0, 0.1) is 0 Å². The van der Waals surface area contributed by atoms with Crippen LogP contribution in [-0.4, -0.2) is 23.6 Å². The Morgan fingerprint density at radius 3 is 3.00 bits per heavy atom. The summed E-state index contributed by atoms with van der Waals surface area (Å²) < 4.78 is 0.821. The maximum Gasteiger partial charge on any atom is 0.241 e. The van der Waals surface area contributed by atoms with Crippen molar-refractivity contribution in [1.82, 2.24) is 5.32 Å². The Kier molecular flexibility index (Phi) is 4.02. The molecule has 0 aliphatic carbocycles. The minimum atomic E-state index is -0.151. The second kappa shape index (κ2) is 5.51. The SMILES string of the molecule is O=C(Nc1cc(Br)ccc1O)C1CCCCN1. The van der Waals surface area contributed by atoms with Crippen molar-refractivity contribution in [3.05, 3.63) is 22.7 Å². The topological polar surface area (TPSA) is 61.4 Å². The van der Waals surface area contributed by atoms with E-state index in [0.29, 0.717) is 5.69 Å². The molecule has 1 aliphatic heterocycles. The van der Waals surface area contributed by atoms with E-state index < -0.39 is 0 Å². The molecular weight excluding hydrogens is 284 g/mol. The third kappa shape index (κ3) is 3.20. The third-order valence-corrected chi connectivity index (χ3v) is 3.34. The van der Waals surface area contributed by atoms with Crippen molar-refractivity contribution in [2.45, 2.75) is 25.3 Å². The molecule has 0 saturated carbocycles. The van der Waals surface area contributed by atoms with Gasteiger partial charge in [0.2, 0.25) is 5.91 Å². The normalized spacial score (nSPS) is 19.9. The van der Waals surface area contributed by atoms with E-state index in [2.05, 4.69) is 26.6 Å². The Balaban J connectivity index is 2.04. The summed E-state index contributed by atoms with van der Waals surface area (Å²) in [6.07, 6.45) is 3.03. The molecule has 0 radical (unpaired) electrons. The third-order valence-electron chi connectivity index (χ3n) is 2.84. The van der Waals surface area contributed by atoms with Gasteiger partial charge in [0.15, 0.2) is 0 Å². The molecule has 1 aromatic carbocycles. The lowest BCUT2D eigenvalue weighted by molar-refractivity contribution is -0.118. The van der Waals surface area contributed by atoms with Crippen molar-refractivity contribution >= 4 is 27.5 Å². The molecule has 4 nitrogen and oxygen atoms in total. The van der Waals surface area contributed by atoms with Gasteiger partial charge in [-0.25, -0.2) is 0 Å². The Bertz CT molecular complexity index is 417. The number of halogens is 1. The number of benzene rings is 1. The standard InChI is InChI=1S/C12H15BrN2O2/c13-8-4-5-11(16)10(7-8)15-12(17)9-3-1-2-6-14-9/h4-5,7,9,14,16H,1-3,6H2,(H,15,17). The van der Waals surface area contributed by atoms with E-state index in [1.807, 2.05) is 0 Å². The molecular formula is C12H15BrN2O2. The molecule has 0 aromatic heterocycles. The largest absolute Gasteiger partial charge is 0.506 e. The zero-order valence-corrected chi connectivity index (χ0v) is 11.0. The molecule has 5 heteroatoms. The van der Waals surface area contributed by atoms with E-state index >= 15 is 0 Å². The van der Waals surface area contributed by atoms with Crippen LogP contribution >= 0.6 is 15.9 Å². The summed E-state index contributed by atoms with van der Waals surface area (Å²) in [6, 6.07) is 4.82. The van der Waals surface area contributed by atoms with Crippen molar-refractivity contribution in [2.24, 2.45) is 0 Å². The molecule has 17 heavy (non-hydrogen) atoms. The molecule has 1 saturated heterocycles. The zero-order chi connectivity index (χ0) is 12.3. The second-order valence-electron chi connectivity index (χ2n) is 4.15. The maximum absolute atomic E-state index is 11.9. The number of piperidine rings is 1. The van der Waals surface area contributed by atoms with Crippen LogP contribution in [0.5, 0.6) is 5.75 Å². The molecule has 2 rings (SSSR count). The summed E-state index contributed by atoms with van der Waals surface area (Å²) in [5.74, 6) is -0.00420. The molecule has 0 bridgehead atoms. The molecule has 1 unspecified atom stereocenters. The van der Waals surface area contributed by atoms with E-state index in [1.54, 1.807) is 18.2 Å². The fourth-order valence-electron chi connectivity index (χ4n) is 1.90. The first-order valence-electron chi connectivity index (χ1n) is 5.69. The van der Waals surface area contributed by atoms with Gasteiger partial charge >= 0.3 is 0 Å². The van der Waals surface area contributed by atoms with Crippen LogP contribution in [0.1, 0.15) is 19.3 Å². The second-order valence-corrected chi connectivity index (χ2v) is 5.07. The van der Waals surface area contributed by atoms with Crippen molar-refractivity contribution in [3.8, 4) is 5.75 Å². The predicted molar refractivity (Wildman–Crippen MR) is 70.1 cm³/mol. The number of hydrogen-bond donors (Lipinski definition) is 3. The van der Waals surface area contributed by atoms with Crippen molar-refractivity contribution in [3.63, 3.8) is 0 Å². The van der Waals surface area contributed by atoms with E-state index in [1.165, 1.54) is 0 Å². The fourth-order valence-corrected chi connectivity index (χ4v) is 2.26. The van der Waals surface area contributed by atoms with Gasteiger partial charge in [-0.1, -0.05) is 22.4 Å². The summed E-state index contributed by atoms with van der Waals surface area (Å²) in [5.41, 5.74) is 0.441. The number of carbonyl (C=O) groups excluding carboxylic acids is 1. The van der Waals surface area contributed by atoms with Crippen molar-refractivity contribution in [2.75, 3.05) is 11.9 Å². The van der Waals surface area contributed by atoms with Gasteiger partial charge < -0.3 is 15.7 Å². The molecule has 0 spiro atoms. The Hall–Kier alpha value is -1.07. The number of phenols is 1. The van der Waals surface area contributed by atoms with E-state index in [9.17, 15) is 9.90 Å². The number of hydrogen-bond acceptors (Lipinski definition) is 3. The number of nitrogens with one attached hydrogen (secondary N) is 2. The van der Waals surface area contributed by atoms with Crippen LogP contribution in [0.3, 0.4) is 0 Å². The average molecular weight is 299 g/mol. The highest BCUT2D eigenvalue weighted by Gasteiger charge is 2.21. The molecule has 3 N–H and O–H groups in total. The first-order chi connectivity index (χ1) is 8.16. The van der Waals surface area contributed by atoms with Gasteiger partial charge in [-0.05, 0) is 37.6 Å². The maximum atomic E-state index is 11.9. The van der Waals surface area contributed by atoms with Crippen LogP contribution in [0.2, 0.25) is 0 Å².